The van der Waals surface area contributed by atoms with Crippen LogP contribution in [0.5, 0.6) is 5.75 Å². The van der Waals surface area contributed by atoms with Gasteiger partial charge in [-0.05, 0) is 26.0 Å². The number of carbonyl (C=O) groups excluding carboxylic acids is 2. The monoisotopic (exact) mass is 420 g/mol. The van der Waals surface area contributed by atoms with Crippen molar-refractivity contribution in [3.8, 4) is 5.75 Å². The van der Waals surface area contributed by atoms with Gasteiger partial charge in [0, 0.05) is 13.6 Å². The molecule has 0 fully saturated rings. The van der Waals surface area contributed by atoms with E-state index in [0.29, 0.717) is 0 Å². The first kappa shape index (κ1) is 21.4. The summed E-state index contributed by atoms with van der Waals surface area (Å²) in [5.74, 6) is -0.899. The number of carbonyl (C=O) groups is 2. The van der Waals surface area contributed by atoms with Crippen molar-refractivity contribution in [2.45, 2.75) is 20.5 Å². The van der Waals surface area contributed by atoms with Gasteiger partial charge >= 0.3 is 12.7 Å². The van der Waals surface area contributed by atoms with Gasteiger partial charge in [0.2, 0.25) is 5.96 Å². The highest BCUT2D eigenvalue weighted by atomic mass is 35.5. The van der Waals surface area contributed by atoms with Crippen molar-refractivity contribution in [3.05, 3.63) is 22.7 Å². The summed E-state index contributed by atoms with van der Waals surface area (Å²) in [6, 6.07) is 2.33. The number of alkyl halides is 2. The number of halogens is 3. The smallest absolute Gasteiger partial charge is 0.414 e. The number of nitrogens with one attached hydrogen (secondary N) is 3. The minimum Gasteiger partial charge on any atom is -0.449 e. The van der Waals surface area contributed by atoms with E-state index in [4.69, 9.17) is 16.3 Å². The highest BCUT2D eigenvalue weighted by Crippen LogP contribution is 2.39. The van der Waals surface area contributed by atoms with Crippen LogP contribution >= 0.6 is 11.6 Å². The Hall–Kier alpha value is -2.86. The number of hydrogen-bond acceptors (Lipinski definition) is 8. The summed E-state index contributed by atoms with van der Waals surface area (Å²) in [7, 11) is 1.59. The Bertz CT molecular complexity index is 779. The highest BCUT2D eigenvalue weighted by molar-refractivity contribution is 6.37. The molecule has 0 spiro atoms. The fourth-order valence-electron chi connectivity index (χ4n) is 2.31. The number of ether oxygens (including phenoxy) is 2. The molecular formula is C15H19ClF2N6O4. The van der Waals surface area contributed by atoms with Gasteiger partial charge in [0.1, 0.15) is 5.69 Å². The fourth-order valence-corrected chi connectivity index (χ4v) is 2.65. The molecule has 0 unspecified atom stereocenters. The van der Waals surface area contributed by atoms with Crippen molar-refractivity contribution in [2.75, 3.05) is 25.1 Å². The second-order valence-electron chi connectivity index (χ2n) is 5.27. The van der Waals surface area contributed by atoms with Crippen molar-refractivity contribution in [1.29, 1.82) is 0 Å². The third-order valence-electron chi connectivity index (χ3n) is 3.54. The molecule has 2 amide bonds. The summed E-state index contributed by atoms with van der Waals surface area (Å²) in [4.78, 5) is 25.8. The number of guanidine groups is 1. The van der Waals surface area contributed by atoms with Gasteiger partial charge in [-0.25, -0.2) is 10.3 Å². The number of hydrazine groups is 2. The highest BCUT2D eigenvalue weighted by Gasteiger charge is 2.28. The number of nitrogens with zero attached hydrogens (tertiary/aromatic N) is 3. The van der Waals surface area contributed by atoms with Crippen LogP contribution in [-0.4, -0.2) is 49.8 Å². The Morgan fingerprint density at radius 1 is 1.39 bits per heavy atom. The normalized spacial score (nSPS) is 13.1. The summed E-state index contributed by atoms with van der Waals surface area (Å²) in [6.45, 7) is 0.117. The zero-order valence-electron chi connectivity index (χ0n) is 15.3. The Balaban J connectivity index is 2.45. The molecule has 1 aliphatic rings. The van der Waals surface area contributed by atoms with E-state index in [9.17, 15) is 18.4 Å². The van der Waals surface area contributed by atoms with Gasteiger partial charge in [0.15, 0.2) is 5.75 Å². The SMILES string of the molecule is CCOC(=O)N(CC)c1c(OC(F)F)ccc(C(=O)NC2=NNNN2C)c1Cl. The molecule has 1 aromatic rings. The number of amides is 2. The zero-order valence-corrected chi connectivity index (χ0v) is 16.0. The quantitative estimate of drug-likeness (QED) is 0.645. The average Bonchev–Trinajstić information content (AvgIpc) is 3.02. The van der Waals surface area contributed by atoms with Gasteiger partial charge < -0.3 is 9.47 Å². The molecule has 0 radical (unpaired) electrons. The predicted octanol–water partition coefficient (Wildman–Crippen LogP) is 1.88. The van der Waals surface area contributed by atoms with Crippen molar-refractivity contribution in [1.82, 2.24) is 21.4 Å². The number of anilines is 1. The van der Waals surface area contributed by atoms with Crippen molar-refractivity contribution >= 4 is 35.2 Å². The first-order valence-electron chi connectivity index (χ1n) is 8.15. The van der Waals surface area contributed by atoms with Gasteiger partial charge in [-0.15, -0.1) is 10.6 Å². The molecule has 28 heavy (non-hydrogen) atoms. The molecule has 154 valence electrons. The van der Waals surface area contributed by atoms with Crippen LogP contribution in [0.1, 0.15) is 24.2 Å². The predicted molar refractivity (Wildman–Crippen MR) is 97.1 cm³/mol. The van der Waals surface area contributed by atoms with Gasteiger partial charge in [-0.3, -0.25) is 20.0 Å². The van der Waals surface area contributed by atoms with Crippen LogP contribution in [-0.2, 0) is 4.74 Å². The second-order valence-corrected chi connectivity index (χ2v) is 5.65. The molecule has 0 bridgehead atoms. The zero-order chi connectivity index (χ0) is 20.8. The minimum absolute atomic E-state index is 0.0342. The first-order valence-corrected chi connectivity index (χ1v) is 8.52. The van der Waals surface area contributed by atoms with E-state index in [-0.39, 0.29) is 41.1 Å². The fraction of sp³-hybridized carbons (Fsp3) is 0.400. The Morgan fingerprint density at radius 2 is 2.11 bits per heavy atom. The van der Waals surface area contributed by atoms with E-state index < -0.39 is 18.6 Å². The Kier molecular flexibility index (Phi) is 7.18. The summed E-state index contributed by atoms with van der Waals surface area (Å²) in [5.41, 5.74) is 4.75. The third kappa shape index (κ3) is 4.70. The second kappa shape index (κ2) is 9.37. The van der Waals surface area contributed by atoms with Crippen LogP contribution in [0.2, 0.25) is 5.02 Å². The summed E-state index contributed by atoms with van der Waals surface area (Å²) in [6.07, 6.45) is -0.822. The Morgan fingerprint density at radius 3 is 2.64 bits per heavy atom. The maximum absolute atomic E-state index is 12.8. The molecule has 0 saturated heterocycles. The molecule has 0 aromatic heterocycles. The maximum Gasteiger partial charge on any atom is 0.414 e. The number of benzene rings is 1. The molecule has 10 nitrogen and oxygen atoms in total. The van der Waals surface area contributed by atoms with E-state index in [2.05, 4.69) is 26.2 Å². The lowest BCUT2D eigenvalue weighted by Crippen LogP contribution is -2.45. The van der Waals surface area contributed by atoms with Crippen molar-refractivity contribution in [3.63, 3.8) is 0 Å². The van der Waals surface area contributed by atoms with E-state index in [0.717, 1.165) is 11.0 Å². The topological polar surface area (TPSA) is 108 Å². The lowest BCUT2D eigenvalue weighted by molar-refractivity contribution is -0.0495. The Labute approximate surface area is 164 Å². The van der Waals surface area contributed by atoms with E-state index in [1.54, 1.807) is 20.9 Å². The molecular weight excluding hydrogens is 402 g/mol. The first-order chi connectivity index (χ1) is 13.3. The molecule has 2 rings (SSSR count). The minimum atomic E-state index is -3.16. The molecule has 0 saturated carbocycles. The number of hydrazone groups is 1. The van der Waals surface area contributed by atoms with Crippen molar-refractivity contribution < 1.29 is 27.8 Å². The van der Waals surface area contributed by atoms with Gasteiger partial charge in [0.25, 0.3) is 5.91 Å². The van der Waals surface area contributed by atoms with Crippen LogP contribution in [0.3, 0.4) is 0 Å². The van der Waals surface area contributed by atoms with Gasteiger partial charge in [0.05, 0.1) is 17.2 Å². The average molecular weight is 421 g/mol. The largest absolute Gasteiger partial charge is 0.449 e. The molecule has 0 aliphatic carbocycles. The molecule has 0 atom stereocenters. The van der Waals surface area contributed by atoms with Crippen LogP contribution in [0.15, 0.2) is 17.2 Å². The van der Waals surface area contributed by atoms with Gasteiger partial charge in [-0.1, -0.05) is 11.6 Å². The lowest BCUT2D eigenvalue weighted by Gasteiger charge is -2.25. The van der Waals surface area contributed by atoms with Crippen LogP contribution in [0.25, 0.3) is 0 Å². The standard InChI is InChI=1S/C15H19ClF2N6O4/c1-4-24(15(26)27-5-2)11-9(28-13(17)18)7-6-8(10(11)16)12(25)19-14-20-21-22-23(14)3/h6-7,13,21-22H,4-5H2,1-3H3,(H,19,20,25). The van der Waals surface area contributed by atoms with E-state index in [1.165, 1.54) is 11.1 Å². The molecule has 1 aliphatic heterocycles. The van der Waals surface area contributed by atoms with Crippen LogP contribution in [0.4, 0.5) is 19.3 Å². The molecule has 1 heterocycles. The number of hydrogen-bond donors (Lipinski definition) is 3. The molecule has 1 aromatic carbocycles. The van der Waals surface area contributed by atoms with Crippen LogP contribution < -0.4 is 26.0 Å². The molecule has 3 N–H and O–H groups in total. The summed E-state index contributed by atoms with van der Waals surface area (Å²) < 4.78 is 35.0. The van der Waals surface area contributed by atoms with Gasteiger partial charge in [-0.2, -0.15) is 8.78 Å². The van der Waals surface area contributed by atoms with Crippen molar-refractivity contribution in [2.24, 2.45) is 5.10 Å². The van der Waals surface area contributed by atoms with E-state index >= 15 is 0 Å². The van der Waals surface area contributed by atoms with E-state index in [1.807, 2.05) is 0 Å². The maximum atomic E-state index is 12.8. The summed E-state index contributed by atoms with van der Waals surface area (Å²) >= 11 is 6.31. The molecule has 13 heteroatoms. The third-order valence-corrected chi connectivity index (χ3v) is 3.92. The van der Waals surface area contributed by atoms with Crippen LogP contribution in [0, 0.1) is 0 Å². The summed E-state index contributed by atoms with van der Waals surface area (Å²) in [5, 5.41) is 7.41. The number of rotatable bonds is 6. The lowest BCUT2D eigenvalue weighted by atomic mass is 10.1.